The Balaban J connectivity index is -0.000000168. The number of ether oxygens (including phenoxy) is 11. The zero-order chi connectivity index (χ0) is 65.7. The van der Waals surface area contributed by atoms with E-state index in [1.165, 1.54) is 48.7 Å². The number of rotatable bonds is 37. The molecular formula is C39H73Cl9F16O14Si4. The summed E-state index contributed by atoms with van der Waals surface area (Å²) in [6, 6.07) is -3.31. The lowest BCUT2D eigenvalue weighted by Gasteiger charge is -2.24. The molecule has 0 N–H and O–H groups in total. The number of methoxy groups -OCH3 is 5. The van der Waals surface area contributed by atoms with Gasteiger partial charge >= 0.3 is 52.2 Å². The summed E-state index contributed by atoms with van der Waals surface area (Å²) in [7, 11) is 9.08. The highest BCUT2D eigenvalue weighted by Crippen LogP contribution is 2.28. The monoisotopic (exact) mass is 1500 g/mol. The molecule has 0 saturated carbocycles. The minimum absolute atomic E-state index is 0.0651. The highest BCUT2D eigenvalue weighted by atomic mass is 35.9. The highest BCUT2D eigenvalue weighted by molar-refractivity contribution is 7.65. The lowest BCUT2D eigenvalue weighted by molar-refractivity contribution is -0.252. The first-order chi connectivity index (χ1) is 37.5. The van der Waals surface area contributed by atoms with Gasteiger partial charge in [-0.15, -0.1) is 106 Å². The molecule has 0 aromatic carbocycles. The summed E-state index contributed by atoms with van der Waals surface area (Å²) in [5.41, 5.74) is 0. The van der Waals surface area contributed by atoms with Gasteiger partial charge in [0.05, 0.1) is 72.7 Å². The topological polar surface area (TPSA) is 129 Å². The Bertz CT molecular complexity index is 1350. The Morgan fingerprint density at radius 3 is 0.890 bits per heavy atom. The van der Waals surface area contributed by atoms with Crippen molar-refractivity contribution in [3.63, 3.8) is 0 Å². The molecule has 0 fully saturated rings. The van der Waals surface area contributed by atoms with Crippen LogP contribution in [-0.4, -0.2) is 233 Å². The first-order valence-corrected chi connectivity index (χ1v) is 40.4. The van der Waals surface area contributed by atoms with Crippen LogP contribution in [0.15, 0.2) is 12.7 Å². The van der Waals surface area contributed by atoms with Crippen LogP contribution in [0.2, 0.25) is 18.1 Å². The lowest BCUT2D eigenvalue weighted by atomic mass is 10.4. The zero-order valence-electron chi connectivity index (χ0n) is 45.6. The van der Waals surface area contributed by atoms with Crippen LogP contribution in [0.1, 0.15) is 19.3 Å². The van der Waals surface area contributed by atoms with Crippen LogP contribution < -0.4 is 0 Å². The summed E-state index contributed by atoms with van der Waals surface area (Å²) in [5, 5.41) is 0. The third-order valence-electron chi connectivity index (χ3n) is 7.72. The molecule has 504 valence electrons. The first kappa shape index (κ1) is 97.1. The minimum atomic E-state index is -4.88. The summed E-state index contributed by atoms with van der Waals surface area (Å²) >= 11 is 48.4. The molecule has 0 radical (unpaired) electrons. The van der Waals surface area contributed by atoms with Gasteiger partial charge in [-0.3, -0.25) is 0 Å². The van der Waals surface area contributed by atoms with Crippen molar-refractivity contribution < 1.29 is 136 Å². The van der Waals surface area contributed by atoms with Crippen LogP contribution in [0, 0.1) is 0 Å². The van der Waals surface area contributed by atoms with Gasteiger partial charge in [0.1, 0.15) is 0 Å². The highest BCUT2D eigenvalue weighted by Gasteiger charge is 2.42. The molecule has 0 heterocycles. The van der Waals surface area contributed by atoms with Gasteiger partial charge in [0.15, 0.2) is 0 Å². The Labute approximate surface area is 515 Å². The average molecular weight is 1500 g/mol. The van der Waals surface area contributed by atoms with Gasteiger partial charge in [-0.2, -0.15) is 52.7 Å². The maximum Gasteiger partial charge on any atom is 0.500 e. The number of alkyl halides is 16. The fraction of sp³-hybridized carbons (Fsp3) is 0.949. The zero-order valence-corrected chi connectivity index (χ0v) is 56.5. The summed E-state index contributed by atoms with van der Waals surface area (Å²) in [5.74, 6) is 0. The molecule has 0 aliphatic carbocycles. The molecule has 0 amide bonds. The molecule has 0 spiro atoms. The van der Waals surface area contributed by atoms with Crippen molar-refractivity contribution in [2.75, 3.05) is 149 Å². The van der Waals surface area contributed by atoms with Crippen LogP contribution in [0.5, 0.6) is 0 Å². The van der Waals surface area contributed by atoms with Gasteiger partial charge in [0.2, 0.25) is 24.7 Å². The van der Waals surface area contributed by atoms with E-state index in [9.17, 15) is 70.2 Å². The summed E-state index contributed by atoms with van der Waals surface area (Å²) in [6.45, 7) is -1.15. The molecule has 4 atom stereocenters. The summed E-state index contributed by atoms with van der Waals surface area (Å²) in [6.07, 6.45) is -27.6. The third-order valence-corrected chi connectivity index (χ3v) is 15.8. The van der Waals surface area contributed by atoms with Crippen LogP contribution >= 0.6 is 99.7 Å². The van der Waals surface area contributed by atoms with E-state index in [4.69, 9.17) is 132 Å². The Hall–Kier alpha value is 1.54. The van der Waals surface area contributed by atoms with E-state index in [2.05, 4.69) is 39.7 Å². The van der Waals surface area contributed by atoms with Crippen molar-refractivity contribution in [1.29, 1.82) is 0 Å². The van der Waals surface area contributed by atoms with Crippen molar-refractivity contribution in [2.24, 2.45) is 0 Å². The molecule has 0 aromatic rings. The quantitative estimate of drug-likeness (QED) is 0.0146. The smallest absolute Gasteiger partial charge is 0.385 e. The van der Waals surface area contributed by atoms with Crippen molar-refractivity contribution in [3.05, 3.63) is 12.7 Å². The normalized spacial score (nSPS) is 13.7. The Morgan fingerprint density at radius 1 is 0.402 bits per heavy atom. The predicted octanol–water partition coefficient (Wildman–Crippen LogP) is 14.1. The number of hydrogen-bond donors (Lipinski definition) is 0. The molecule has 0 saturated heterocycles. The van der Waals surface area contributed by atoms with Gasteiger partial charge in [-0.1, -0.05) is 6.08 Å². The molecule has 0 aliphatic rings. The molecule has 14 nitrogen and oxygen atoms in total. The van der Waals surface area contributed by atoms with Crippen LogP contribution in [0.4, 0.5) is 70.2 Å². The van der Waals surface area contributed by atoms with E-state index in [-0.39, 0.29) is 39.6 Å². The Morgan fingerprint density at radius 2 is 0.671 bits per heavy atom. The van der Waals surface area contributed by atoms with Crippen molar-refractivity contribution in [1.82, 2.24) is 0 Å². The maximum atomic E-state index is 12.5. The lowest BCUT2D eigenvalue weighted by Crippen LogP contribution is -2.42. The SMILES string of the molecule is C=CCOCCOCC(F)C(F)(F)F.COC(OC)OC.COCC(F)C(F)(F)F.COCCC[Si](Cl)(Cl)Cl.CO[Si](CCCOCCOCC(F)C(F)(F)F)(OC)OC.Cl[SiH](Cl)Cl.FC(COCCOCCC[Si](Cl)(Cl)Cl)C(F)(F)F. The molecule has 0 rings (SSSR count). The molecule has 43 heteroatoms. The predicted molar refractivity (Wildman–Crippen MR) is 294 cm³/mol. The second-order valence-corrected chi connectivity index (χ2v) is 42.5. The van der Waals surface area contributed by atoms with Crippen LogP contribution in [0.25, 0.3) is 0 Å². The number of halogens is 25. The summed E-state index contributed by atoms with van der Waals surface area (Å²) in [4.78, 5) is 0. The number of hydrogen-bond acceptors (Lipinski definition) is 14. The van der Waals surface area contributed by atoms with Crippen molar-refractivity contribution in [3.8, 4) is 0 Å². The van der Waals surface area contributed by atoms with E-state index < -0.39 is 110 Å². The van der Waals surface area contributed by atoms with Crippen molar-refractivity contribution >= 4 is 127 Å². The van der Waals surface area contributed by atoms with E-state index in [0.29, 0.717) is 57.4 Å². The Kier molecular flexibility index (Phi) is 69.8. The summed E-state index contributed by atoms with van der Waals surface area (Å²) < 4.78 is 254. The van der Waals surface area contributed by atoms with E-state index in [1.54, 1.807) is 7.11 Å². The fourth-order valence-electron chi connectivity index (χ4n) is 3.84. The maximum absolute atomic E-state index is 12.5. The largest absolute Gasteiger partial charge is 0.500 e. The molecule has 0 bridgehead atoms. The van der Waals surface area contributed by atoms with E-state index in [0.717, 1.165) is 13.5 Å². The van der Waals surface area contributed by atoms with E-state index >= 15 is 0 Å². The van der Waals surface area contributed by atoms with E-state index in [1.807, 2.05) is 0 Å². The molecule has 0 aromatic heterocycles. The molecular weight excluding hydrogens is 1430 g/mol. The third kappa shape index (κ3) is 79.5. The molecule has 4 unspecified atom stereocenters. The van der Waals surface area contributed by atoms with Gasteiger partial charge in [-0.25, -0.2) is 17.6 Å². The second kappa shape index (κ2) is 58.9. The minimum Gasteiger partial charge on any atom is -0.385 e. The molecule has 82 heavy (non-hydrogen) atoms. The first-order valence-electron chi connectivity index (χ1n) is 22.7. The average Bonchev–Trinajstić information content (AvgIpc) is 3.35. The standard InChI is InChI=1S/C11H22F4O5Si.C8H13Cl3F4O2Si.C8H12F4O2.C4H9Cl3OSi.C4H6F4O.C4H10O3.Cl3HSi/c1-16-21(17-2,18-3)8-4-5-19-6-7-20-9-10(12)11(13,14)15;9-18(10,11)5-1-2-16-3-4-17-6-7(12)8(13,14)15;1-2-3-13-4-5-14-6-7(9)8(10,11)12;1-8-3-2-4-9(5,6)7;1-9-2-3(5)4(6,7)8;1-5-4(6-2)7-3;1-4(2)3/h10H,4-9H2,1-3H3;7H,1-6H2;2,7H,1,3-6H2;2-4H2,1H3;3H,2H2,1H3;4H,1-3H3;4H. The fourth-order valence-corrected chi connectivity index (χ4v) is 9.02. The van der Waals surface area contributed by atoms with Crippen LogP contribution in [-0.2, 0) is 65.4 Å². The van der Waals surface area contributed by atoms with Crippen LogP contribution in [0.3, 0.4) is 0 Å². The van der Waals surface area contributed by atoms with Gasteiger partial charge in [-0.05, 0) is 31.4 Å². The second-order valence-electron chi connectivity index (χ2n) is 14.4. The van der Waals surface area contributed by atoms with Crippen molar-refractivity contribution in [2.45, 2.75) is 93.3 Å². The van der Waals surface area contributed by atoms with Gasteiger partial charge in [0, 0.05) is 82.7 Å². The van der Waals surface area contributed by atoms with Gasteiger partial charge in [0.25, 0.3) is 6.48 Å². The molecule has 0 aliphatic heterocycles. The van der Waals surface area contributed by atoms with Gasteiger partial charge < -0.3 is 65.4 Å².